The number of anilines is 1. The molecule has 0 radical (unpaired) electrons. The number of primary amides is 1. The summed E-state index contributed by atoms with van der Waals surface area (Å²) >= 11 is 5.98. The van der Waals surface area contributed by atoms with Crippen LogP contribution in [0.4, 0.5) is 5.69 Å². The van der Waals surface area contributed by atoms with Gasteiger partial charge in [-0.3, -0.25) is 4.79 Å². The number of hydrogen-bond donors (Lipinski definition) is 3. The minimum Gasteiger partial charge on any atom is -0.478 e. The predicted molar refractivity (Wildman–Crippen MR) is 73.0 cm³/mol. The molecule has 1 amide bonds. The molecular formula is C13H11ClN2O4. The molecule has 0 aliphatic rings. The van der Waals surface area contributed by atoms with Gasteiger partial charge in [-0.05, 0) is 24.3 Å². The highest BCUT2D eigenvalue weighted by Crippen LogP contribution is 2.23. The number of carbonyl (C=O) groups excluding carboxylic acids is 1. The maximum atomic E-state index is 11.1. The van der Waals surface area contributed by atoms with Gasteiger partial charge in [-0.2, -0.15) is 0 Å². The number of carboxylic acid groups (broad SMARTS) is 1. The molecule has 104 valence electrons. The van der Waals surface area contributed by atoms with Gasteiger partial charge in [0.25, 0.3) is 0 Å². The first-order chi connectivity index (χ1) is 9.47. The average molecular weight is 295 g/mol. The maximum absolute atomic E-state index is 11.1. The summed E-state index contributed by atoms with van der Waals surface area (Å²) in [6, 6.07) is 5.99. The fraction of sp³-hybridized carbons (Fsp3) is 0.0769. The molecule has 0 spiro atoms. The van der Waals surface area contributed by atoms with Crippen LogP contribution in [0.2, 0.25) is 5.02 Å². The third-order valence-corrected chi connectivity index (χ3v) is 2.93. The van der Waals surface area contributed by atoms with Crippen molar-refractivity contribution in [2.24, 2.45) is 5.73 Å². The SMILES string of the molecule is NC(=O)c1ccc(Cl)c(NCc2cc(C(=O)O)co2)c1. The number of nitrogens with one attached hydrogen (secondary N) is 1. The van der Waals surface area contributed by atoms with Gasteiger partial charge >= 0.3 is 5.97 Å². The Balaban J connectivity index is 2.11. The van der Waals surface area contributed by atoms with E-state index in [-0.39, 0.29) is 12.1 Å². The van der Waals surface area contributed by atoms with Crippen molar-refractivity contribution in [3.8, 4) is 0 Å². The lowest BCUT2D eigenvalue weighted by atomic mass is 10.2. The molecule has 0 bridgehead atoms. The number of aromatic carboxylic acids is 1. The van der Waals surface area contributed by atoms with E-state index in [1.54, 1.807) is 6.07 Å². The molecule has 20 heavy (non-hydrogen) atoms. The Morgan fingerprint density at radius 3 is 2.65 bits per heavy atom. The van der Waals surface area contributed by atoms with Crippen molar-refractivity contribution in [3.63, 3.8) is 0 Å². The second-order valence-corrected chi connectivity index (χ2v) is 4.43. The van der Waals surface area contributed by atoms with Gasteiger partial charge in [0.1, 0.15) is 12.0 Å². The summed E-state index contributed by atoms with van der Waals surface area (Å²) in [6.07, 6.45) is 1.15. The number of benzene rings is 1. The third kappa shape index (κ3) is 3.10. The normalized spacial score (nSPS) is 10.2. The van der Waals surface area contributed by atoms with Crippen LogP contribution >= 0.6 is 11.6 Å². The van der Waals surface area contributed by atoms with E-state index in [4.69, 9.17) is 26.9 Å². The molecule has 0 atom stereocenters. The number of carboxylic acids is 1. The van der Waals surface area contributed by atoms with Gasteiger partial charge in [-0.25, -0.2) is 4.79 Å². The minimum atomic E-state index is -1.06. The van der Waals surface area contributed by atoms with E-state index in [0.29, 0.717) is 22.0 Å². The monoisotopic (exact) mass is 294 g/mol. The average Bonchev–Trinajstić information content (AvgIpc) is 2.86. The van der Waals surface area contributed by atoms with Crippen LogP contribution in [0.5, 0.6) is 0 Å². The molecule has 1 aromatic carbocycles. The molecule has 0 aliphatic carbocycles. The summed E-state index contributed by atoms with van der Waals surface area (Å²) in [4.78, 5) is 21.8. The molecule has 0 fully saturated rings. The Bertz CT molecular complexity index is 666. The molecule has 4 N–H and O–H groups in total. The van der Waals surface area contributed by atoms with E-state index in [9.17, 15) is 9.59 Å². The maximum Gasteiger partial charge on any atom is 0.338 e. The summed E-state index contributed by atoms with van der Waals surface area (Å²) in [5.41, 5.74) is 6.08. The second-order valence-electron chi connectivity index (χ2n) is 4.02. The number of carbonyl (C=O) groups is 2. The molecular weight excluding hydrogens is 284 g/mol. The molecule has 7 heteroatoms. The zero-order chi connectivity index (χ0) is 14.7. The fourth-order valence-corrected chi connectivity index (χ4v) is 1.77. The van der Waals surface area contributed by atoms with Crippen LogP contribution in [0.1, 0.15) is 26.5 Å². The van der Waals surface area contributed by atoms with Crippen molar-refractivity contribution in [3.05, 3.63) is 52.4 Å². The predicted octanol–water partition coefficient (Wildman–Crippen LogP) is 2.34. The topological polar surface area (TPSA) is 106 Å². The third-order valence-electron chi connectivity index (χ3n) is 2.60. The largest absolute Gasteiger partial charge is 0.478 e. The summed E-state index contributed by atoms with van der Waals surface area (Å²) in [6.45, 7) is 0.231. The van der Waals surface area contributed by atoms with Crippen molar-refractivity contribution >= 4 is 29.2 Å². The standard InChI is InChI=1S/C13H11ClN2O4/c14-10-2-1-7(12(15)17)4-11(10)16-5-9-3-8(6-20-9)13(18)19/h1-4,6,16H,5H2,(H2,15,17)(H,18,19). The quantitative estimate of drug-likeness (QED) is 0.785. The van der Waals surface area contributed by atoms with E-state index in [1.807, 2.05) is 0 Å². The Labute approximate surface area is 119 Å². The lowest BCUT2D eigenvalue weighted by Crippen LogP contribution is -2.11. The zero-order valence-electron chi connectivity index (χ0n) is 10.2. The number of amides is 1. The van der Waals surface area contributed by atoms with Gasteiger partial charge in [0.05, 0.1) is 22.8 Å². The summed E-state index contributed by atoms with van der Waals surface area (Å²) in [7, 11) is 0. The van der Waals surface area contributed by atoms with Crippen LogP contribution in [-0.2, 0) is 6.54 Å². The van der Waals surface area contributed by atoms with Crippen molar-refractivity contribution in [2.45, 2.75) is 6.54 Å². The van der Waals surface area contributed by atoms with Crippen LogP contribution in [0.15, 0.2) is 34.9 Å². The van der Waals surface area contributed by atoms with Crippen LogP contribution < -0.4 is 11.1 Å². The van der Waals surface area contributed by atoms with Crippen LogP contribution in [0.3, 0.4) is 0 Å². The number of hydrogen-bond acceptors (Lipinski definition) is 4. The Hall–Kier alpha value is -2.47. The highest BCUT2D eigenvalue weighted by atomic mass is 35.5. The smallest absolute Gasteiger partial charge is 0.338 e. The van der Waals surface area contributed by atoms with Gasteiger partial charge < -0.3 is 20.6 Å². The first-order valence-electron chi connectivity index (χ1n) is 5.61. The van der Waals surface area contributed by atoms with Crippen molar-refractivity contribution in [1.82, 2.24) is 0 Å². The van der Waals surface area contributed by atoms with Crippen molar-refractivity contribution < 1.29 is 19.1 Å². The minimum absolute atomic E-state index is 0.0683. The lowest BCUT2D eigenvalue weighted by molar-refractivity contribution is 0.0696. The first kappa shape index (κ1) is 14.0. The van der Waals surface area contributed by atoms with Gasteiger partial charge in [0.15, 0.2) is 0 Å². The number of nitrogens with two attached hydrogens (primary N) is 1. The number of halogens is 1. The molecule has 2 aromatic rings. The Morgan fingerprint density at radius 2 is 2.05 bits per heavy atom. The summed E-state index contributed by atoms with van der Waals surface area (Å²) < 4.78 is 5.09. The van der Waals surface area contributed by atoms with E-state index in [1.165, 1.54) is 18.2 Å². The number of furan rings is 1. The van der Waals surface area contributed by atoms with E-state index >= 15 is 0 Å². The van der Waals surface area contributed by atoms with E-state index in [2.05, 4.69) is 5.32 Å². The lowest BCUT2D eigenvalue weighted by Gasteiger charge is -2.08. The second kappa shape index (κ2) is 5.66. The van der Waals surface area contributed by atoms with Gasteiger partial charge in [0, 0.05) is 5.56 Å². The molecule has 0 saturated carbocycles. The van der Waals surface area contributed by atoms with Crippen LogP contribution in [-0.4, -0.2) is 17.0 Å². The fourth-order valence-electron chi connectivity index (χ4n) is 1.58. The molecule has 2 rings (SSSR count). The highest BCUT2D eigenvalue weighted by molar-refractivity contribution is 6.33. The molecule has 6 nitrogen and oxygen atoms in total. The van der Waals surface area contributed by atoms with Gasteiger partial charge in [-0.1, -0.05) is 11.6 Å². The van der Waals surface area contributed by atoms with Crippen molar-refractivity contribution in [1.29, 1.82) is 0 Å². The van der Waals surface area contributed by atoms with Crippen LogP contribution in [0, 0.1) is 0 Å². The highest BCUT2D eigenvalue weighted by Gasteiger charge is 2.09. The first-order valence-corrected chi connectivity index (χ1v) is 5.99. The number of rotatable bonds is 5. The van der Waals surface area contributed by atoms with Gasteiger partial charge in [0.2, 0.25) is 5.91 Å². The van der Waals surface area contributed by atoms with Crippen molar-refractivity contribution in [2.75, 3.05) is 5.32 Å². The van der Waals surface area contributed by atoms with E-state index in [0.717, 1.165) is 6.26 Å². The Kier molecular flexibility index (Phi) is 3.95. The molecule has 1 heterocycles. The summed E-state index contributed by atoms with van der Waals surface area (Å²) in [5, 5.41) is 12.1. The van der Waals surface area contributed by atoms with E-state index < -0.39 is 11.9 Å². The molecule has 0 unspecified atom stereocenters. The molecule has 0 saturated heterocycles. The molecule has 1 aromatic heterocycles. The Morgan fingerprint density at radius 1 is 1.30 bits per heavy atom. The zero-order valence-corrected chi connectivity index (χ0v) is 11.0. The van der Waals surface area contributed by atoms with Gasteiger partial charge in [-0.15, -0.1) is 0 Å². The summed E-state index contributed by atoms with van der Waals surface area (Å²) in [5.74, 6) is -1.19. The molecule has 0 aliphatic heterocycles. The van der Waals surface area contributed by atoms with Crippen LogP contribution in [0.25, 0.3) is 0 Å².